The van der Waals surface area contributed by atoms with E-state index in [0.717, 1.165) is 10.6 Å². The molecule has 1 atom stereocenters. The fraction of sp³-hybridized carbons (Fsp3) is 0.455. The van der Waals surface area contributed by atoms with E-state index in [0.29, 0.717) is 19.4 Å². The Morgan fingerprint density at radius 2 is 2.16 bits per heavy atom. The van der Waals surface area contributed by atoms with E-state index in [1.807, 2.05) is 4.98 Å². The molecule has 2 heterocycles. The van der Waals surface area contributed by atoms with Gasteiger partial charge in [-0.3, -0.25) is 19.1 Å². The van der Waals surface area contributed by atoms with E-state index in [2.05, 4.69) is 0 Å². The van der Waals surface area contributed by atoms with Crippen LogP contribution < -0.4 is 11.2 Å². The predicted molar refractivity (Wildman–Crippen MR) is 63.7 cm³/mol. The number of carbonyl (C=O) groups is 2. The van der Waals surface area contributed by atoms with Gasteiger partial charge in [-0.2, -0.15) is 0 Å². The van der Waals surface area contributed by atoms with Crippen LogP contribution >= 0.6 is 0 Å². The molecule has 1 aromatic heterocycles. The third kappa shape index (κ3) is 2.72. The van der Waals surface area contributed by atoms with Crippen LogP contribution in [0.5, 0.6) is 0 Å². The van der Waals surface area contributed by atoms with Crippen molar-refractivity contribution in [1.29, 1.82) is 0 Å². The van der Waals surface area contributed by atoms with Crippen molar-refractivity contribution in [1.82, 2.24) is 14.5 Å². The van der Waals surface area contributed by atoms with Crippen LogP contribution in [0.3, 0.4) is 0 Å². The summed E-state index contributed by atoms with van der Waals surface area (Å²) in [6.07, 6.45) is 2.26. The highest BCUT2D eigenvalue weighted by Crippen LogP contribution is 2.17. The van der Waals surface area contributed by atoms with Gasteiger partial charge in [0.2, 0.25) is 5.91 Å². The molecule has 0 bridgehead atoms. The number of nitrogens with one attached hydrogen (secondary N) is 1. The number of hydrogen-bond acceptors (Lipinski definition) is 4. The second kappa shape index (κ2) is 5.09. The minimum Gasteiger partial charge on any atom is -0.480 e. The SMILES string of the molecule is O=C(O)[C@H]1CCCN1C(=O)Cn1ccc(=O)[nH]c1=O. The fourth-order valence-corrected chi connectivity index (χ4v) is 2.13. The van der Waals surface area contributed by atoms with Gasteiger partial charge in [0.1, 0.15) is 12.6 Å². The molecule has 0 saturated carbocycles. The number of carboxylic acid groups (broad SMARTS) is 1. The van der Waals surface area contributed by atoms with Crippen LogP contribution in [0.2, 0.25) is 0 Å². The highest BCUT2D eigenvalue weighted by atomic mass is 16.4. The number of amides is 1. The lowest BCUT2D eigenvalue weighted by Gasteiger charge is -2.21. The van der Waals surface area contributed by atoms with Gasteiger partial charge in [0.15, 0.2) is 0 Å². The quantitative estimate of drug-likeness (QED) is 0.700. The summed E-state index contributed by atoms with van der Waals surface area (Å²) in [7, 11) is 0. The van der Waals surface area contributed by atoms with Gasteiger partial charge in [0.25, 0.3) is 5.56 Å². The van der Waals surface area contributed by atoms with Gasteiger partial charge < -0.3 is 10.0 Å². The normalized spacial score (nSPS) is 18.5. The molecule has 0 spiro atoms. The van der Waals surface area contributed by atoms with Crippen molar-refractivity contribution < 1.29 is 14.7 Å². The number of nitrogens with zero attached hydrogens (tertiary/aromatic N) is 2. The summed E-state index contributed by atoms with van der Waals surface area (Å²) in [5, 5.41) is 8.98. The number of aliphatic carboxylic acids is 1. The molecule has 0 aromatic carbocycles. The number of H-pyrrole nitrogens is 1. The fourth-order valence-electron chi connectivity index (χ4n) is 2.13. The molecule has 8 nitrogen and oxygen atoms in total. The third-order valence-corrected chi connectivity index (χ3v) is 3.06. The van der Waals surface area contributed by atoms with E-state index >= 15 is 0 Å². The molecule has 1 saturated heterocycles. The smallest absolute Gasteiger partial charge is 0.328 e. The van der Waals surface area contributed by atoms with Gasteiger partial charge in [-0.1, -0.05) is 0 Å². The first kappa shape index (κ1) is 13.1. The van der Waals surface area contributed by atoms with Crippen LogP contribution in [0.15, 0.2) is 21.9 Å². The van der Waals surface area contributed by atoms with Gasteiger partial charge in [0, 0.05) is 18.8 Å². The molecule has 0 unspecified atom stereocenters. The van der Waals surface area contributed by atoms with Gasteiger partial charge in [-0.25, -0.2) is 9.59 Å². The number of likely N-dealkylation sites (tertiary alicyclic amines) is 1. The van der Waals surface area contributed by atoms with Crippen molar-refractivity contribution in [2.75, 3.05) is 6.54 Å². The Hall–Kier alpha value is -2.38. The minimum atomic E-state index is -1.04. The number of aromatic amines is 1. The predicted octanol–water partition coefficient (Wildman–Crippen LogP) is -1.39. The molecular formula is C11H13N3O5. The lowest BCUT2D eigenvalue weighted by molar-refractivity contribution is -0.148. The molecule has 0 radical (unpaired) electrons. The zero-order chi connectivity index (χ0) is 14.0. The average molecular weight is 267 g/mol. The molecule has 8 heteroatoms. The topological polar surface area (TPSA) is 112 Å². The Bertz CT molecular complexity index is 617. The number of rotatable bonds is 3. The van der Waals surface area contributed by atoms with E-state index in [-0.39, 0.29) is 6.54 Å². The molecule has 1 aliphatic rings. The molecular weight excluding hydrogens is 254 g/mol. The minimum absolute atomic E-state index is 0.278. The first-order chi connectivity index (χ1) is 8.99. The van der Waals surface area contributed by atoms with E-state index < -0.39 is 29.2 Å². The first-order valence-corrected chi connectivity index (χ1v) is 5.81. The monoisotopic (exact) mass is 267 g/mol. The van der Waals surface area contributed by atoms with E-state index in [9.17, 15) is 19.2 Å². The van der Waals surface area contributed by atoms with Crippen molar-refractivity contribution in [2.45, 2.75) is 25.4 Å². The summed E-state index contributed by atoms with van der Waals surface area (Å²) < 4.78 is 1.04. The van der Waals surface area contributed by atoms with Crippen molar-refractivity contribution in [3.8, 4) is 0 Å². The van der Waals surface area contributed by atoms with Crippen LogP contribution in [-0.2, 0) is 16.1 Å². The van der Waals surface area contributed by atoms with E-state index in [1.165, 1.54) is 11.1 Å². The maximum atomic E-state index is 12.0. The zero-order valence-electron chi connectivity index (χ0n) is 10.0. The Morgan fingerprint density at radius 3 is 2.79 bits per heavy atom. The van der Waals surface area contributed by atoms with Crippen molar-refractivity contribution in [3.63, 3.8) is 0 Å². The summed E-state index contributed by atoms with van der Waals surface area (Å²) >= 11 is 0. The number of hydrogen-bond donors (Lipinski definition) is 2. The summed E-state index contributed by atoms with van der Waals surface area (Å²) in [4.78, 5) is 48.5. The summed E-state index contributed by atoms with van der Waals surface area (Å²) in [6.45, 7) is 0.0906. The van der Waals surface area contributed by atoms with Crippen molar-refractivity contribution >= 4 is 11.9 Å². The first-order valence-electron chi connectivity index (χ1n) is 5.81. The largest absolute Gasteiger partial charge is 0.480 e. The van der Waals surface area contributed by atoms with Crippen molar-refractivity contribution in [2.24, 2.45) is 0 Å². The molecule has 102 valence electrons. The van der Waals surface area contributed by atoms with Gasteiger partial charge in [-0.05, 0) is 12.8 Å². The van der Waals surface area contributed by atoms with Gasteiger partial charge >= 0.3 is 11.7 Å². The van der Waals surface area contributed by atoms with Crippen LogP contribution in [0.25, 0.3) is 0 Å². The molecule has 1 aliphatic heterocycles. The van der Waals surface area contributed by atoms with E-state index in [1.54, 1.807) is 0 Å². The van der Waals surface area contributed by atoms with E-state index in [4.69, 9.17) is 5.11 Å². The standard InChI is InChI=1S/C11H13N3O5/c15-8-3-5-13(11(19)12-8)6-9(16)14-4-1-2-7(14)10(17)18/h3,5,7H,1-2,4,6H2,(H,17,18)(H,12,15,19)/t7-/m1/s1. The molecule has 2 N–H and O–H groups in total. The summed E-state index contributed by atoms with van der Waals surface area (Å²) in [6, 6.07) is 0.304. The highest BCUT2D eigenvalue weighted by molar-refractivity contribution is 5.84. The lowest BCUT2D eigenvalue weighted by Crippen LogP contribution is -2.43. The summed E-state index contributed by atoms with van der Waals surface area (Å²) in [5.41, 5.74) is -1.23. The van der Waals surface area contributed by atoms with Crippen LogP contribution in [-0.4, -0.2) is 44.0 Å². The molecule has 1 aromatic rings. The average Bonchev–Trinajstić information content (AvgIpc) is 2.82. The zero-order valence-corrected chi connectivity index (χ0v) is 10.0. The van der Waals surface area contributed by atoms with Crippen LogP contribution in [0.4, 0.5) is 0 Å². The number of aromatic nitrogens is 2. The molecule has 0 aliphatic carbocycles. The lowest BCUT2D eigenvalue weighted by atomic mass is 10.2. The Labute approximate surface area is 107 Å². The second-order valence-electron chi connectivity index (χ2n) is 4.32. The highest BCUT2D eigenvalue weighted by Gasteiger charge is 2.33. The summed E-state index contributed by atoms with van der Waals surface area (Å²) in [5.74, 6) is -1.49. The molecule has 2 rings (SSSR count). The third-order valence-electron chi connectivity index (χ3n) is 3.06. The van der Waals surface area contributed by atoms with Crippen LogP contribution in [0.1, 0.15) is 12.8 Å². The molecule has 1 fully saturated rings. The molecule has 19 heavy (non-hydrogen) atoms. The van der Waals surface area contributed by atoms with Crippen molar-refractivity contribution in [3.05, 3.63) is 33.1 Å². The Morgan fingerprint density at radius 1 is 1.42 bits per heavy atom. The maximum absolute atomic E-state index is 12.0. The number of carbonyl (C=O) groups excluding carboxylic acids is 1. The maximum Gasteiger partial charge on any atom is 0.328 e. The van der Waals surface area contributed by atoms with Gasteiger partial charge in [0.05, 0.1) is 0 Å². The Kier molecular flexibility index (Phi) is 3.50. The van der Waals surface area contributed by atoms with Crippen LogP contribution in [0, 0.1) is 0 Å². The number of carboxylic acids is 1. The Balaban J connectivity index is 2.15. The second-order valence-corrected chi connectivity index (χ2v) is 4.32. The van der Waals surface area contributed by atoms with Gasteiger partial charge in [-0.15, -0.1) is 0 Å². The molecule has 1 amide bonds.